The Morgan fingerprint density at radius 2 is 2.18 bits per heavy atom. The second kappa shape index (κ2) is 5.07. The van der Waals surface area contributed by atoms with E-state index in [1.54, 1.807) is 13.8 Å². The lowest BCUT2D eigenvalue weighted by Crippen LogP contribution is -2.00. The Morgan fingerprint density at radius 1 is 1.64 bits per heavy atom. The fourth-order valence-corrected chi connectivity index (χ4v) is 1.20. The molecular weight excluding hydrogens is 164 g/mol. The fourth-order valence-electron chi connectivity index (χ4n) is 0.518. The molecule has 1 atom stereocenters. The van der Waals surface area contributed by atoms with Crippen molar-refractivity contribution in [3.63, 3.8) is 0 Å². The molecule has 0 spiro atoms. The first-order valence-electron chi connectivity index (χ1n) is 3.26. The summed E-state index contributed by atoms with van der Waals surface area (Å²) in [5, 5.41) is 0. The zero-order chi connectivity index (χ0) is 8.85. The molecule has 0 rings (SSSR count). The summed E-state index contributed by atoms with van der Waals surface area (Å²) in [4.78, 5) is 11.2. The summed E-state index contributed by atoms with van der Waals surface area (Å²) in [6.07, 6.45) is 1.25. The van der Waals surface area contributed by atoms with Gasteiger partial charge in [-0.15, -0.1) is 0 Å². The van der Waals surface area contributed by atoms with E-state index in [4.69, 9.17) is 0 Å². The predicted octanol–water partition coefficient (Wildman–Crippen LogP) is 0.832. The Hall–Kier alpha value is -0.640. The van der Waals surface area contributed by atoms with Crippen LogP contribution in [0.2, 0.25) is 0 Å². The summed E-state index contributed by atoms with van der Waals surface area (Å²) in [6.45, 7) is 3.45. The lowest BCUT2D eigenvalue weighted by molar-refractivity contribution is -0.134. The third kappa shape index (κ3) is 3.93. The molecule has 0 saturated carbocycles. The van der Waals surface area contributed by atoms with E-state index in [0.717, 1.165) is 0 Å². The van der Waals surface area contributed by atoms with Gasteiger partial charge in [0.05, 0.1) is 7.11 Å². The minimum absolute atomic E-state index is 0.454. The minimum Gasteiger partial charge on any atom is -0.466 e. The van der Waals surface area contributed by atoms with Crippen LogP contribution in [-0.4, -0.2) is 23.0 Å². The topological polar surface area (TPSA) is 43.4 Å². The van der Waals surface area contributed by atoms with E-state index in [1.165, 1.54) is 13.2 Å². The van der Waals surface area contributed by atoms with Crippen LogP contribution in [0.5, 0.6) is 0 Å². The van der Waals surface area contributed by atoms with Crippen molar-refractivity contribution in [1.82, 2.24) is 0 Å². The fraction of sp³-hybridized carbons (Fsp3) is 0.571. The number of methoxy groups -OCH3 is 1. The molecule has 0 aliphatic heterocycles. The summed E-state index contributed by atoms with van der Waals surface area (Å²) in [5.74, 6) is 0.0728. The van der Waals surface area contributed by atoms with Crippen molar-refractivity contribution in [2.24, 2.45) is 0 Å². The number of ether oxygens (including phenoxy) is 1. The molecule has 3 nitrogen and oxygen atoms in total. The van der Waals surface area contributed by atoms with E-state index in [0.29, 0.717) is 10.7 Å². The Morgan fingerprint density at radius 3 is 2.55 bits per heavy atom. The maximum atomic E-state index is 11.0. The van der Waals surface area contributed by atoms with Crippen LogP contribution in [-0.2, 0) is 20.3 Å². The van der Waals surface area contributed by atoms with Gasteiger partial charge in [0.25, 0.3) is 0 Å². The van der Waals surface area contributed by atoms with Crippen LogP contribution in [0, 0.1) is 0 Å². The van der Waals surface area contributed by atoms with Crippen LogP contribution in [0.3, 0.4) is 0 Å². The van der Waals surface area contributed by atoms with Crippen LogP contribution >= 0.6 is 0 Å². The summed E-state index contributed by atoms with van der Waals surface area (Å²) in [6, 6.07) is 0. The van der Waals surface area contributed by atoms with Crippen molar-refractivity contribution < 1.29 is 13.7 Å². The second-order valence-corrected chi connectivity index (χ2v) is 3.82. The third-order valence-corrected chi connectivity index (χ3v) is 2.50. The molecule has 0 aromatic rings. The Balaban J connectivity index is 4.21. The Kier molecular flexibility index (Phi) is 4.77. The van der Waals surface area contributed by atoms with Crippen LogP contribution in [0.25, 0.3) is 0 Å². The highest BCUT2D eigenvalue weighted by Crippen LogP contribution is 2.00. The molecule has 64 valence electrons. The van der Waals surface area contributed by atoms with E-state index in [-0.39, 0.29) is 0 Å². The van der Waals surface area contributed by atoms with Gasteiger partial charge in [0.1, 0.15) is 0 Å². The van der Waals surface area contributed by atoms with E-state index in [9.17, 15) is 9.00 Å². The number of hydrogen-bond acceptors (Lipinski definition) is 3. The molecular formula is C7H12O3S. The molecule has 0 amide bonds. The highest BCUT2D eigenvalue weighted by Gasteiger charge is 2.01. The van der Waals surface area contributed by atoms with Crippen molar-refractivity contribution in [3.05, 3.63) is 11.0 Å². The number of allylic oxidation sites excluding steroid dienone is 1. The highest BCUT2D eigenvalue weighted by atomic mass is 32.2. The molecule has 0 aromatic heterocycles. The van der Waals surface area contributed by atoms with Gasteiger partial charge < -0.3 is 4.74 Å². The quantitative estimate of drug-likeness (QED) is 0.472. The van der Waals surface area contributed by atoms with Gasteiger partial charge in [0.2, 0.25) is 0 Å². The Labute approximate surface area is 68.9 Å². The predicted molar refractivity (Wildman–Crippen MR) is 44.5 cm³/mol. The number of carbonyl (C=O) groups is 1. The number of carbonyl (C=O) groups excluding carboxylic acids is 1. The van der Waals surface area contributed by atoms with E-state index < -0.39 is 16.8 Å². The summed E-state index contributed by atoms with van der Waals surface area (Å²) >= 11 is 0. The molecule has 0 aromatic carbocycles. The van der Waals surface area contributed by atoms with Gasteiger partial charge >= 0.3 is 5.97 Å². The maximum absolute atomic E-state index is 11.0. The Bertz CT molecular complexity index is 196. The van der Waals surface area contributed by atoms with Gasteiger partial charge in [0.15, 0.2) is 0 Å². The highest BCUT2D eigenvalue weighted by molar-refractivity contribution is 7.88. The molecule has 0 N–H and O–H groups in total. The number of esters is 1. The van der Waals surface area contributed by atoms with E-state index in [2.05, 4.69) is 4.74 Å². The van der Waals surface area contributed by atoms with Crippen LogP contribution in [0.15, 0.2) is 11.0 Å². The SMILES string of the molecule is CCS(=O)C(C)=CC(=O)OC. The van der Waals surface area contributed by atoms with Gasteiger partial charge in [-0.3, -0.25) is 4.21 Å². The molecule has 4 heteroatoms. The first-order chi connectivity index (χ1) is 5.11. The zero-order valence-electron chi connectivity index (χ0n) is 6.92. The first-order valence-corrected chi connectivity index (χ1v) is 4.58. The molecule has 1 unspecified atom stereocenters. The second-order valence-electron chi connectivity index (χ2n) is 1.91. The molecule has 0 fully saturated rings. The molecule has 0 bridgehead atoms. The summed E-state index contributed by atoms with van der Waals surface area (Å²) in [5.41, 5.74) is 0. The first kappa shape index (κ1) is 10.4. The minimum atomic E-state index is -1.03. The van der Waals surface area contributed by atoms with Gasteiger partial charge in [-0.05, 0) is 6.92 Å². The lowest BCUT2D eigenvalue weighted by atomic mass is 10.5. The molecule has 0 aliphatic rings. The number of rotatable bonds is 3. The molecule has 0 aliphatic carbocycles. The zero-order valence-corrected chi connectivity index (χ0v) is 7.73. The van der Waals surface area contributed by atoms with Gasteiger partial charge in [0, 0.05) is 27.5 Å². The summed E-state index contributed by atoms with van der Waals surface area (Å²) in [7, 11) is 0.259. The van der Waals surface area contributed by atoms with Crippen LogP contribution in [0.1, 0.15) is 13.8 Å². The van der Waals surface area contributed by atoms with Gasteiger partial charge in [-0.1, -0.05) is 6.92 Å². The van der Waals surface area contributed by atoms with Gasteiger partial charge in [-0.2, -0.15) is 0 Å². The van der Waals surface area contributed by atoms with Crippen molar-refractivity contribution in [2.45, 2.75) is 13.8 Å². The summed E-state index contributed by atoms with van der Waals surface area (Å²) < 4.78 is 15.4. The normalized spacial score (nSPS) is 14.3. The standard InChI is InChI=1S/C7H12O3S/c1-4-11(9)6(2)5-7(8)10-3/h5H,4H2,1-3H3. The molecule has 0 saturated heterocycles. The maximum Gasteiger partial charge on any atom is 0.331 e. The van der Waals surface area contributed by atoms with E-state index in [1.807, 2.05) is 0 Å². The van der Waals surface area contributed by atoms with Crippen LogP contribution < -0.4 is 0 Å². The van der Waals surface area contributed by atoms with E-state index >= 15 is 0 Å². The average Bonchev–Trinajstić information content (AvgIpc) is 2.02. The average molecular weight is 176 g/mol. The monoisotopic (exact) mass is 176 g/mol. The van der Waals surface area contributed by atoms with Crippen molar-refractivity contribution >= 4 is 16.8 Å². The third-order valence-electron chi connectivity index (χ3n) is 1.14. The molecule has 0 radical (unpaired) electrons. The van der Waals surface area contributed by atoms with Crippen molar-refractivity contribution in [2.75, 3.05) is 12.9 Å². The smallest absolute Gasteiger partial charge is 0.331 e. The lowest BCUT2D eigenvalue weighted by Gasteiger charge is -1.96. The number of hydrogen-bond donors (Lipinski definition) is 0. The van der Waals surface area contributed by atoms with Crippen LogP contribution in [0.4, 0.5) is 0 Å². The van der Waals surface area contributed by atoms with Crippen molar-refractivity contribution in [3.8, 4) is 0 Å². The van der Waals surface area contributed by atoms with Crippen molar-refractivity contribution in [1.29, 1.82) is 0 Å². The molecule has 11 heavy (non-hydrogen) atoms. The molecule has 0 heterocycles. The van der Waals surface area contributed by atoms with Gasteiger partial charge in [-0.25, -0.2) is 4.79 Å². The largest absolute Gasteiger partial charge is 0.466 e.